The number of benzene rings is 1. The predicted octanol–water partition coefficient (Wildman–Crippen LogP) is 2.97. The number of rotatable bonds is 2. The standard InChI is InChI=1S/C12H13NO2/c1-8-12(15-9(2)13-8)10-6-4-5-7-11(10)14-3/h4-7H,1-3H3. The minimum Gasteiger partial charge on any atom is -0.496 e. The molecule has 0 bridgehead atoms. The summed E-state index contributed by atoms with van der Waals surface area (Å²) in [5.41, 5.74) is 1.83. The zero-order valence-corrected chi connectivity index (χ0v) is 9.07. The van der Waals surface area contributed by atoms with Gasteiger partial charge in [0.2, 0.25) is 0 Å². The third-order valence-corrected chi connectivity index (χ3v) is 2.26. The molecule has 15 heavy (non-hydrogen) atoms. The van der Waals surface area contributed by atoms with E-state index in [4.69, 9.17) is 9.15 Å². The lowest BCUT2D eigenvalue weighted by Crippen LogP contribution is -1.87. The van der Waals surface area contributed by atoms with Gasteiger partial charge in [0, 0.05) is 6.92 Å². The van der Waals surface area contributed by atoms with Crippen molar-refractivity contribution in [2.45, 2.75) is 13.8 Å². The highest BCUT2D eigenvalue weighted by atomic mass is 16.5. The van der Waals surface area contributed by atoms with Gasteiger partial charge < -0.3 is 9.15 Å². The van der Waals surface area contributed by atoms with Crippen LogP contribution in [0.4, 0.5) is 0 Å². The zero-order chi connectivity index (χ0) is 10.8. The topological polar surface area (TPSA) is 35.3 Å². The monoisotopic (exact) mass is 203 g/mol. The molecule has 0 unspecified atom stereocenters. The average Bonchev–Trinajstić information content (AvgIpc) is 2.57. The minimum atomic E-state index is 0.674. The third-order valence-electron chi connectivity index (χ3n) is 2.26. The van der Waals surface area contributed by atoms with Crippen molar-refractivity contribution in [2.24, 2.45) is 0 Å². The van der Waals surface area contributed by atoms with Crippen LogP contribution in [0.2, 0.25) is 0 Å². The van der Waals surface area contributed by atoms with E-state index in [9.17, 15) is 0 Å². The van der Waals surface area contributed by atoms with Crippen LogP contribution in [-0.4, -0.2) is 12.1 Å². The van der Waals surface area contributed by atoms with Crippen molar-refractivity contribution < 1.29 is 9.15 Å². The highest BCUT2D eigenvalue weighted by Gasteiger charge is 2.13. The highest BCUT2D eigenvalue weighted by Crippen LogP contribution is 2.32. The van der Waals surface area contributed by atoms with Crippen LogP contribution in [0.3, 0.4) is 0 Å². The van der Waals surface area contributed by atoms with Crippen LogP contribution in [0.5, 0.6) is 5.75 Å². The van der Waals surface area contributed by atoms with E-state index in [-0.39, 0.29) is 0 Å². The molecule has 0 aliphatic rings. The van der Waals surface area contributed by atoms with E-state index in [1.165, 1.54) is 0 Å². The molecule has 0 aliphatic carbocycles. The zero-order valence-electron chi connectivity index (χ0n) is 9.07. The summed E-state index contributed by atoms with van der Waals surface area (Å²) in [5.74, 6) is 2.26. The Morgan fingerprint density at radius 1 is 1.20 bits per heavy atom. The minimum absolute atomic E-state index is 0.674. The van der Waals surface area contributed by atoms with Crippen LogP contribution in [0.1, 0.15) is 11.6 Å². The van der Waals surface area contributed by atoms with Gasteiger partial charge in [0.05, 0.1) is 18.4 Å². The largest absolute Gasteiger partial charge is 0.496 e. The number of aryl methyl sites for hydroxylation is 2. The van der Waals surface area contributed by atoms with Gasteiger partial charge in [-0.05, 0) is 19.1 Å². The van der Waals surface area contributed by atoms with Gasteiger partial charge in [0.25, 0.3) is 0 Å². The molecule has 2 aromatic rings. The molecular formula is C12H13NO2. The quantitative estimate of drug-likeness (QED) is 0.752. The lowest BCUT2D eigenvalue weighted by atomic mass is 10.1. The average molecular weight is 203 g/mol. The predicted molar refractivity (Wildman–Crippen MR) is 58.0 cm³/mol. The molecule has 0 spiro atoms. The number of nitrogens with zero attached hydrogens (tertiary/aromatic N) is 1. The molecule has 3 heteroatoms. The van der Waals surface area contributed by atoms with E-state index >= 15 is 0 Å². The molecule has 3 nitrogen and oxygen atoms in total. The molecule has 0 saturated heterocycles. The number of ether oxygens (including phenoxy) is 1. The fraction of sp³-hybridized carbons (Fsp3) is 0.250. The van der Waals surface area contributed by atoms with Gasteiger partial charge in [-0.2, -0.15) is 0 Å². The highest BCUT2D eigenvalue weighted by molar-refractivity contribution is 5.67. The maximum Gasteiger partial charge on any atom is 0.192 e. The van der Waals surface area contributed by atoms with Gasteiger partial charge in [0.15, 0.2) is 11.7 Å². The molecule has 0 fully saturated rings. The van der Waals surface area contributed by atoms with E-state index in [2.05, 4.69) is 4.98 Å². The summed E-state index contributed by atoms with van der Waals surface area (Å²) in [6.45, 7) is 3.77. The van der Waals surface area contributed by atoms with Crippen LogP contribution < -0.4 is 4.74 Å². The maximum atomic E-state index is 5.55. The van der Waals surface area contributed by atoms with Gasteiger partial charge in [0.1, 0.15) is 5.75 Å². The summed E-state index contributed by atoms with van der Waals surface area (Å²) in [7, 11) is 1.65. The number of methoxy groups -OCH3 is 1. The summed E-state index contributed by atoms with van der Waals surface area (Å²) in [5, 5.41) is 0. The Bertz CT molecular complexity index is 474. The second-order valence-corrected chi connectivity index (χ2v) is 3.35. The molecule has 0 radical (unpaired) electrons. The van der Waals surface area contributed by atoms with Crippen molar-refractivity contribution in [2.75, 3.05) is 7.11 Å². The van der Waals surface area contributed by atoms with Gasteiger partial charge in [-0.1, -0.05) is 12.1 Å². The number of oxazole rings is 1. The number of para-hydroxylation sites is 1. The fourth-order valence-corrected chi connectivity index (χ4v) is 1.61. The molecule has 2 rings (SSSR count). The molecule has 1 heterocycles. The first-order valence-corrected chi connectivity index (χ1v) is 4.80. The Labute approximate surface area is 88.7 Å². The van der Waals surface area contributed by atoms with Crippen molar-refractivity contribution in [3.8, 4) is 17.1 Å². The van der Waals surface area contributed by atoms with Gasteiger partial charge in [-0.3, -0.25) is 0 Å². The first-order valence-electron chi connectivity index (χ1n) is 4.80. The maximum absolute atomic E-state index is 5.55. The first-order chi connectivity index (χ1) is 7.22. The number of hydrogen-bond acceptors (Lipinski definition) is 3. The van der Waals surface area contributed by atoms with Crippen molar-refractivity contribution in [3.05, 3.63) is 35.9 Å². The fourth-order valence-electron chi connectivity index (χ4n) is 1.61. The van der Waals surface area contributed by atoms with E-state index in [0.29, 0.717) is 5.89 Å². The number of aromatic nitrogens is 1. The Morgan fingerprint density at radius 2 is 1.93 bits per heavy atom. The van der Waals surface area contributed by atoms with Crippen molar-refractivity contribution >= 4 is 0 Å². The Balaban J connectivity index is 2.58. The summed E-state index contributed by atoms with van der Waals surface area (Å²) in [6.07, 6.45) is 0. The Kier molecular flexibility index (Phi) is 2.46. The molecule has 0 N–H and O–H groups in total. The molecule has 1 aromatic heterocycles. The van der Waals surface area contributed by atoms with Crippen LogP contribution in [-0.2, 0) is 0 Å². The second-order valence-electron chi connectivity index (χ2n) is 3.35. The van der Waals surface area contributed by atoms with Crippen LogP contribution in [0.15, 0.2) is 28.7 Å². The summed E-state index contributed by atoms with van der Waals surface area (Å²) in [6, 6.07) is 7.76. The molecule has 0 amide bonds. The van der Waals surface area contributed by atoms with Gasteiger partial charge in [-0.15, -0.1) is 0 Å². The molecule has 1 aromatic carbocycles. The number of hydrogen-bond donors (Lipinski definition) is 0. The Hall–Kier alpha value is -1.77. The van der Waals surface area contributed by atoms with Gasteiger partial charge in [-0.25, -0.2) is 4.98 Å². The third kappa shape index (κ3) is 1.73. The van der Waals surface area contributed by atoms with Crippen molar-refractivity contribution in [3.63, 3.8) is 0 Å². The van der Waals surface area contributed by atoms with E-state index in [1.54, 1.807) is 7.11 Å². The van der Waals surface area contributed by atoms with Crippen molar-refractivity contribution in [1.29, 1.82) is 0 Å². The van der Waals surface area contributed by atoms with E-state index in [0.717, 1.165) is 22.8 Å². The molecule has 78 valence electrons. The summed E-state index contributed by atoms with van der Waals surface area (Å²) in [4.78, 5) is 4.24. The molecule has 0 aliphatic heterocycles. The molecule has 0 atom stereocenters. The SMILES string of the molecule is COc1ccccc1-c1oc(C)nc1C. The first kappa shape index (κ1) is 9.77. The lowest BCUT2D eigenvalue weighted by molar-refractivity contribution is 0.414. The molecule has 0 saturated carbocycles. The Morgan fingerprint density at radius 3 is 2.53 bits per heavy atom. The van der Waals surface area contributed by atoms with Crippen LogP contribution in [0.25, 0.3) is 11.3 Å². The van der Waals surface area contributed by atoms with Crippen LogP contribution in [0, 0.1) is 13.8 Å². The lowest BCUT2D eigenvalue weighted by Gasteiger charge is -2.05. The van der Waals surface area contributed by atoms with Gasteiger partial charge >= 0.3 is 0 Å². The summed E-state index contributed by atoms with van der Waals surface area (Å²) >= 11 is 0. The second kappa shape index (κ2) is 3.77. The molecular weight excluding hydrogens is 190 g/mol. The smallest absolute Gasteiger partial charge is 0.192 e. The van der Waals surface area contributed by atoms with Crippen molar-refractivity contribution in [1.82, 2.24) is 4.98 Å². The van der Waals surface area contributed by atoms with E-state index < -0.39 is 0 Å². The van der Waals surface area contributed by atoms with Crippen LogP contribution >= 0.6 is 0 Å². The van der Waals surface area contributed by atoms with E-state index in [1.807, 2.05) is 38.1 Å². The summed E-state index contributed by atoms with van der Waals surface area (Å²) < 4.78 is 10.8. The normalized spacial score (nSPS) is 10.3.